The van der Waals surface area contributed by atoms with Gasteiger partial charge in [0, 0.05) is 22.5 Å². The smallest absolute Gasteiger partial charge is 0.133 e. The molecule has 1 saturated heterocycles. The first-order valence-corrected chi connectivity index (χ1v) is 7.24. The number of piperidine rings is 1. The summed E-state index contributed by atoms with van der Waals surface area (Å²) in [6.07, 6.45) is 4.01. The van der Waals surface area contributed by atoms with Gasteiger partial charge in [0.05, 0.1) is 11.9 Å². The molecule has 5 heteroatoms. The summed E-state index contributed by atoms with van der Waals surface area (Å²) < 4.78 is 14.6. The van der Waals surface area contributed by atoms with Crippen molar-refractivity contribution in [3.05, 3.63) is 40.5 Å². The SMILES string of the molecule is Fc1cc(Br)ccc1-c1cnc(C2CCCNC2)[nH]1. The molecule has 100 valence electrons. The molecule has 2 N–H and O–H groups in total. The lowest BCUT2D eigenvalue weighted by Gasteiger charge is -2.20. The second-order valence-corrected chi connectivity index (χ2v) is 5.77. The predicted molar refractivity (Wildman–Crippen MR) is 76.5 cm³/mol. The van der Waals surface area contributed by atoms with Gasteiger partial charge in [0.15, 0.2) is 0 Å². The van der Waals surface area contributed by atoms with Crippen molar-refractivity contribution in [2.75, 3.05) is 13.1 Å². The maximum atomic E-state index is 13.9. The van der Waals surface area contributed by atoms with E-state index in [1.54, 1.807) is 12.3 Å². The van der Waals surface area contributed by atoms with Crippen LogP contribution >= 0.6 is 15.9 Å². The molecule has 1 aliphatic heterocycles. The molecule has 0 amide bonds. The largest absolute Gasteiger partial charge is 0.342 e. The zero-order valence-electron chi connectivity index (χ0n) is 10.4. The molecule has 3 nitrogen and oxygen atoms in total. The highest BCUT2D eigenvalue weighted by molar-refractivity contribution is 9.10. The maximum absolute atomic E-state index is 13.9. The van der Waals surface area contributed by atoms with E-state index in [1.807, 2.05) is 6.07 Å². The zero-order valence-corrected chi connectivity index (χ0v) is 12.0. The first-order valence-electron chi connectivity index (χ1n) is 6.45. The Bertz CT molecular complexity index is 576. The highest BCUT2D eigenvalue weighted by atomic mass is 79.9. The zero-order chi connectivity index (χ0) is 13.2. The molecule has 0 aliphatic carbocycles. The minimum Gasteiger partial charge on any atom is -0.342 e. The average Bonchev–Trinajstić information content (AvgIpc) is 2.89. The molecule has 1 unspecified atom stereocenters. The molecular formula is C14H15BrFN3. The predicted octanol–water partition coefficient (Wildman–Crippen LogP) is 3.45. The summed E-state index contributed by atoms with van der Waals surface area (Å²) >= 11 is 3.26. The fourth-order valence-corrected chi connectivity index (χ4v) is 2.81. The molecule has 2 heterocycles. The molecular weight excluding hydrogens is 309 g/mol. The van der Waals surface area contributed by atoms with Gasteiger partial charge in [-0.1, -0.05) is 15.9 Å². The van der Waals surface area contributed by atoms with Crippen molar-refractivity contribution >= 4 is 15.9 Å². The molecule has 1 aromatic carbocycles. The van der Waals surface area contributed by atoms with Crippen LogP contribution in [-0.4, -0.2) is 23.1 Å². The Morgan fingerprint density at radius 2 is 2.26 bits per heavy atom. The average molecular weight is 324 g/mol. The van der Waals surface area contributed by atoms with Crippen LogP contribution in [0.15, 0.2) is 28.9 Å². The number of nitrogens with one attached hydrogen (secondary N) is 2. The topological polar surface area (TPSA) is 40.7 Å². The fraction of sp³-hybridized carbons (Fsp3) is 0.357. The highest BCUT2D eigenvalue weighted by Gasteiger charge is 2.18. The Morgan fingerprint density at radius 1 is 1.37 bits per heavy atom. The maximum Gasteiger partial charge on any atom is 0.133 e. The molecule has 0 bridgehead atoms. The van der Waals surface area contributed by atoms with Crippen molar-refractivity contribution in [2.45, 2.75) is 18.8 Å². The van der Waals surface area contributed by atoms with Crippen LogP contribution in [0, 0.1) is 5.82 Å². The molecule has 1 aliphatic rings. The van der Waals surface area contributed by atoms with Gasteiger partial charge in [-0.25, -0.2) is 9.37 Å². The van der Waals surface area contributed by atoms with Gasteiger partial charge in [0.25, 0.3) is 0 Å². The Hall–Kier alpha value is -1.20. The fourth-order valence-electron chi connectivity index (χ4n) is 2.47. The molecule has 0 radical (unpaired) electrons. The Labute approximate surface area is 119 Å². The minimum atomic E-state index is -0.244. The van der Waals surface area contributed by atoms with E-state index in [-0.39, 0.29) is 5.82 Å². The van der Waals surface area contributed by atoms with Crippen LogP contribution in [0.4, 0.5) is 4.39 Å². The van der Waals surface area contributed by atoms with Gasteiger partial charge in [-0.05, 0) is 37.6 Å². The number of halogens is 2. The van der Waals surface area contributed by atoms with Gasteiger partial charge in [-0.15, -0.1) is 0 Å². The first kappa shape index (κ1) is 12.8. The second kappa shape index (κ2) is 5.43. The van der Waals surface area contributed by atoms with Gasteiger partial charge < -0.3 is 10.3 Å². The van der Waals surface area contributed by atoms with Crippen LogP contribution < -0.4 is 5.32 Å². The van der Waals surface area contributed by atoms with Crippen molar-refractivity contribution < 1.29 is 4.39 Å². The van der Waals surface area contributed by atoms with Crippen LogP contribution in [0.2, 0.25) is 0 Å². The third kappa shape index (κ3) is 2.72. The minimum absolute atomic E-state index is 0.244. The van der Waals surface area contributed by atoms with Crippen LogP contribution in [0.3, 0.4) is 0 Å². The number of imidazole rings is 1. The van der Waals surface area contributed by atoms with Crippen LogP contribution in [0.1, 0.15) is 24.6 Å². The summed E-state index contributed by atoms with van der Waals surface area (Å²) in [6.45, 7) is 2.02. The van der Waals surface area contributed by atoms with Crippen molar-refractivity contribution in [1.82, 2.24) is 15.3 Å². The molecule has 1 atom stereocenters. The number of hydrogen-bond acceptors (Lipinski definition) is 2. The van der Waals surface area contributed by atoms with Crippen LogP contribution in [0.25, 0.3) is 11.3 Å². The summed E-state index contributed by atoms with van der Waals surface area (Å²) in [6, 6.07) is 5.06. The Kier molecular flexibility index (Phi) is 3.66. The van der Waals surface area contributed by atoms with Crippen LogP contribution in [-0.2, 0) is 0 Å². The summed E-state index contributed by atoms with van der Waals surface area (Å²) in [7, 11) is 0. The van der Waals surface area contributed by atoms with Crippen molar-refractivity contribution in [2.24, 2.45) is 0 Å². The van der Waals surface area contributed by atoms with E-state index in [2.05, 4.69) is 31.2 Å². The molecule has 1 fully saturated rings. The molecule has 1 aromatic heterocycles. The summed E-state index contributed by atoms with van der Waals surface area (Å²) in [5.41, 5.74) is 1.30. The third-order valence-corrected chi connectivity index (χ3v) is 3.99. The lowest BCUT2D eigenvalue weighted by Crippen LogP contribution is -2.28. The standard InChI is InChI=1S/C14H15BrFN3/c15-10-3-4-11(12(16)6-10)13-8-18-14(19-13)9-2-1-5-17-7-9/h3-4,6,8-9,17H,1-2,5,7H2,(H,18,19). The summed E-state index contributed by atoms with van der Waals surface area (Å²) in [4.78, 5) is 7.66. The van der Waals surface area contributed by atoms with Gasteiger partial charge in [-0.3, -0.25) is 0 Å². The van der Waals surface area contributed by atoms with Crippen molar-refractivity contribution in [1.29, 1.82) is 0 Å². The van der Waals surface area contributed by atoms with E-state index in [4.69, 9.17) is 0 Å². The Balaban J connectivity index is 1.87. The van der Waals surface area contributed by atoms with E-state index in [9.17, 15) is 4.39 Å². The number of nitrogens with zero attached hydrogens (tertiary/aromatic N) is 1. The number of benzene rings is 1. The van der Waals surface area contributed by atoms with Gasteiger partial charge in [-0.2, -0.15) is 0 Å². The molecule has 3 rings (SSSR count). The highest BCUT2D eigenvalue weighted by Crippen LogP contribution is 2.27. The monoisotopic (exact) mass is 323 g/mol. The number of aromatic amines is 1. The van der Waals surface area contributed by atoms with Gasteiger partial charge >= 0.3 is 0 Å². The number of hydrogen-bond donors (Lipinski definition) is 2. The normalized spacial score (nSPS) is 19.6. The lowest BCUT2D eigenvalue weighted by atomic mass is 9.99. The number of rotatable bonds is 2. The number of H-pyrrole nitrogens is 1. The quantitative estimate of drug-likeness (QED) is 0.888. The number of aromatic nitrogens is 2. The van der Waals surface area contributed by atoms with Crippen molar-refractivity contribution in [3.8, 4) is 11.3 Å². The lowest BCUT2D eigenvalue weighted by molar-refractivity contribution is 0.449. The molecule has 19 heavy (non-hydrogen) atoms. The summed E-state index contributed by atoms with van der Waals surface area (Å²) in [5, 5.41) is 3.36. The molecule has 0 spiro atoms. The molecule has 0 saturated carbocycles. The second-order valence-electron chi connectivity index (χ2n) is 4.85. The summed E-state index contributed by atoms with van der Waals surface area (Å²) in [5.74, 6) is 1.11. The van der Waals surface area contributed by atoms with Gasteiger partial charge in [0.2, 0.25) is 0 Å². The van der Waals surface area contributed by atoms with Crippen LogP contribution in [0.5, 0.6) is 0 Å². The van der Waals surface area contributed by atoms with Gasteiger partial charge in [0.1, 0.15) is 11.6 Å². The first-order chi connectivity index (χ1) is 9.24. The Morgan fingerprint density at radius 3 is 3.00 bits per heavy atom. The third-order valence-electron chi connectivity index (χ3n) is 3.50. The molecule has 2 aromatic rings. The van der Waals surface area contributed by atoms with E-state index in [0.717, 1.165) is 41.9 Å². The van der Waals surface area contributed by atoms with E-state index in [0.29, 0.717) is 11.5 Å². The van der Waals surface area contributed by atoms with E-state index in [1.165, 1.54) is 6.07 Å². The van der Waals surface area contributed by atoms with E-state index < -0.39 is 0 Å². The van der Waals surface area contributed by atoms with Crippen molar-refractivity contribution in [3.63, 3.8) is 0 Å². The van der Waals surface area contributed by atoms with E-state index >= 15 is 0 Å².